The van der Waals surface area contributed by atoms with Crippen LogP contribution >= 0.6 is 0 Å². The first-order valence-corrected chi connectivity index (χ1v) is 8.56. The molecule has 0 fully saturated rings. The second-order valence-corrected chi connectivity index (χ2v) is 7.04. The summed E-state index contributed by atoms with van der Waals surface area (Å²) in [7, 11) is -3.80. The third kappa shape index (κ3) is 2.31. The number of rotatable bonds is 4. The molecule has 6 heteroatoms. The fraction of sp³-hybridized carbons (Fsp3) is 0.176. The van der Waals surface area contributed by atoms with Gasteiger partial charge in [-0.15, -0.1) is 0 Å². The standard InChI is InChI=1S/C17H14O5S/c1-11-5-7-12(8-6-11)23(18,19)22-9-14-13-3-2-4-15-16(13)17(14)21-10-20-15/h2-8H,9-10H2,1H3. The summed E-state index contributed by atoms with van der Waals surface area (Å²) < 4.78 is 40.6. The Labute approximate surface area is 134 Å². The first-order chi connectivity index (χ1) is 11.1. The maximum atomic E-state index is 12.3. The molecule has 1 aliphatic carbocycles. The molecule has 2 aromatic carbocycles. The van der Waals surface area contributed by atoms with Crippen LogP contribution < -0.4 is 4.74 Å². The minimum atomic E-state index is -3.80. The third-order valence-corrected chi connectivity index (χ3v) is 5.22. The molecule has 0 unspecified atom stereocenters. The number of hydrogen-bond donors (Lipinski definition) is 0. The van der Waals surface area contributed by atoms with Gasteiger partial charge in [0, 0.05) is 5.57 Å². The van der Waals surface area contributed by atoms with E-state index in [0.29, 0.717) is 5.76 Å². The maximum absolute atomic E-state index is 12.3. The van der Waals surface area contributed by atoms with Crippen LogP contribution in [0.1, 0.15) is 16.7 Å². The van der Waals surface area contributed by atoms with Crippen LogP contribution in [0.4, 0.5) is 0 Å². The largest absolute Gasteiger partial charge is 0.457 e. The molecule has 2 aliphatic rings. The van der Waals surface area contributed by atoms with E-state index in [1.165, 1.54) is 0 Å². The van der Waals surface area contributed by atoms with Crippen molar-refractivity contribution in [3.05, 3.63) is 59.2 Å². The highest BCUT2D eigenvalue weighted by atomic mass is 32.2. The van der Waals surface area contributed by atoms with Crippen LogP contribution in [0, 0.1) is 6.92 Å². The quantitative estimate of drug-likeness (QED) is 0.807. The van der Waals surface area contributed by atoms with E-state index in [2.05, 4.69) is 0 Å². The van der Waals surface area contributed by atoms with Gasteiger partial charge in [-0.3, -0.25) is 4.18 Å². The van der Waals surface area contributed by atoms with Crippen molar-refractivity contribution in [2.24, 2.45) is 0 Å². The molecule has 0 bridgehead atoms. The highest BCUT2D eigenvalue weighted by Gasteiger charge is 2.34. The van der Waals surface area contributed by atoms with Crippen molar-refractivity contribution in [3.63, 3.8) is 0 Å². The number of benzene rings is 2. The van der Waals surface area contributed by atoms with Gasteiger partial charge in [0.25, 0.3) is 10.1 Å². The summed E-state index contributed by atoms with van der Waals surface area (Å²) in [5.74, 6) is 1.43. The summed E-state index contributed by atoms with van der Waals surface area (Å²) in [4.78, 5) is 0.148. The van der Waals surface area contributed by atoms with Gasteiger partial charge in [-0.2, -0.15) is 8.42 Å². The third-order valence-electron chi connectivity index (χ3n) is 3.94. The van der Waals surface area contributed by atoms with Crippen LogP contribution in [0.5, 0.6) is 5.75 Å². The van der Waals surface area contributed by atoms with Crippen LogP contribution in [0.3, 0.4) is 0 Å². The summed E-state index contributed by atoms with van der Waals surface area (Å²) in [6.45, 7) is 1.97. The average molecular weight is 330 g/mol. The summed E-state index contributed by atoms with van der Waals surface area (Å²) >= 11 is 0. The van der Waals surface area contributed by atoms with Gasteiger partial charge >= 0.3 is 0 Å². The van der Waals surface area contributed by atoms with Gasteiger partial charge in [0.1, 0.15) is 11.5 Å². The van der Waals surface area contributed by atoms with Crippen LogP contribution in [0.25, 0.3) is 11.3 Å². The lowest BCUT2D eigenvalue weighted by Crippen LogP contribution is -2.22. The molecule has 0 saturated heterocycles. The SMILES string of the molecule is Cc1ccc(S(=O)(=O)OCC2=C3OCOc4cccc2c43)cc1. The van der Waals surface area contributed by atoms with Gasteiger partial charge in [0.05, 0.1) is 17.1 Å². The molecule has 4 rings (SSSR count). The molecule has 0 atom stereocenters. The molecular formula is C17H14O5S. The Balaban J connectivity index is 1.57. The van der Waals surface area contributed by atoms with E-state index in [1.54, 1.807) is 24.3 Å². The van der Waals surface area contributed by atoms with E-state index in [1.807, 2.05) is 25.1 Å². The molecule has 118 valence electrons. The average Bonchev–Trinajstić information content (AvgIpc) is 2.54. The molecule has 0 spiro atoms. The minimum absolute atomic E-state index is 0.0536. The lowest BCUT2D eigenvalue weighted by molar-refractivity contribution is 0.0784. The number of ether oxygens (including phenoxy) is 2. The molecule has 23 heavy (non-hydrogen) atoms. The fourth-order valence-electron chi connectivity index (χ4n) is 2.71. The normalized spacial score (nSPS) is 15.3. The molecule has 0 N–H and O–H groups in total. The maximum Gasteiger partial charge on any atom is 0.297 e. The number of hydrogen-bond acceptors (Lipinski definition) is 5. The fourth-order valence-corrected chi connectivity index (χ4v) is 3.59. The van der Waals surface area contributed by atoms with E-state index >= 15 is 0 Å². The van der Waals surface area contributed by atoms with E-state index in [0.717, 1.165) is 28.0 Å². The minimum Gasteiger partial charge on any atom is -0.457 e. The Morgan fingerprint density at radius 2 is 1.87 bits per heavy atom. The summed E-state index contributed by atoms with van der Waals surface area (Å²) in [5, 5.41) is 0. The zero-order chi connectivity index (χ0) is 16.0. The lowest BCUT2D eigenvalue weighted by Gasteiger charge is -2.32. The second-order valence-electron chi connectivity index (χ2n) is 5.42. The summed E-state index contributed by atoms with van der Waals surface area (Å²) in [6, 6.07) is 12.2. The number of aryl methyl sites for hydroxylation is 1. The van der Waals surface area contributed by atoms with E-state index < -0.39 is 10.1 Å². The highest BCUT2D eigenvalue weighted by Crippen LogP contribution is 2.48. The molecule has 0 saturated carbocycles. The van der Waals surface area contributed by atoms with Crippen molar-refractivity contribution >= 4 is 21.5 Å². The molecule has 5 nitrogen and oxygen atoms in total. The first kappa shape index (κ1) is 14.3. The topological polar surface area (TPSA) is 61.8 Å². The van der Waals surface area contributed by atoms with Crippen molar-refractivity contribution < 1.29 is 22.1 Å². The monoisotopic (exact) mass is 330 g/mol. The molecule has 2 aromatic rings. The summed E-state index contributed by atoms with van der Waals surface area (Å²) in [6.07, 6.45) is 0. The Bertz CT molecular complexity index is 910. The zero-order valence-corrected chi connectivity index (χ0v) is 13.2. The zero-order valence-electron chi connectivity index (χ0n) is 12.4. The second kappa shape index (κ2) is 5.11. The van der Waals surface area contributed by atoms with Gasteiger partial charge in [0.2, 0.25) is 6.79 Å². The predicted octanol–water partition coefficient (Wildman–Crippen LogP) is 2.95. The molecule has 0 radical (unpaired) electrons. The molecule has 0 amide bonds. The molecule has 0 aromatic heterocycles. The van der Waals surface area contributed by atoms with Crippen LogP contribution in [-0.2, 0) is 19.0 Å². The van der Waals surface area contributed by atoms with E-state index in [4.69, 9.17) is 13.7 Å². The van der Waals surface area contributed by atoms with Crippen molar-refractivity contribution in [1.82, 2.24) is 0 Å². The van der Waals surface area contributed by atoms with Gasteiger partial charge in [-0.25, -0.2) is 0 Å². The van der Waals surface area contributed by atoms with E-state index in [9.17, 15) is 8.42 Å². The van der Waals surface area contributed by atoms with Crippen molar-refractivity contribution in [2.45, 2.75) is 11.8 Å². The van der Waals surface area contributed by atoms with Gasteiger partial charge < -0.3 is 9.47 Å². The van der Waals surface area contributed by atoms with Crippen molar-refractivity contribution in [1.29, 1.82) is 0 Å². The predicted molar refractivity (Wildman–Crippen MR) is 84.2 cm³/mol. The lowest BCUT2D eigenvalue weighted by atomic mass is 9.85. The van der Waals surface area contributed by atoms with Crippen LogP contribution in [-0.4, -0.2) is 21.8 Å². The smallest absolute Gasteiger partial charge is 0.297 e. The van der Waals surface area contributed by atoms with Gasteiger partial charge in [0.15, 0.2) is 0 Å². The molecule has 1 heterocycles. The van der Waals surface area contributed by atoms with Gasteiger partial charge in [-0.05, 0) is 30.7 Å². The highest BCUT2D eigenvalue weighted by molar-refractivity contribution is 7.86. The molecular weight excluding hydrogens is 316 g/mol. The van der Waals surface area contributed by atoms with Crippen LogP contribution in [0.2, 0.25) is 0 Å². The van der Waals surface area contributed by atoms with Crippen molar-refractivity contribution in [3.8, 4) is 5.75 Å². The summed E-state index contributed by atoms with van der Waals surface area (Å²) in [5.41, 5.74) is 3.55. The Hall–Kier alpha value is -2.31. The first-order valence-electron chi connectivity index (χ1n) is 7.15. The van der Waals surface area contributed by atoms with Gasteiger partial charge in [-0.1, -0.05) is 29.8 Å². The Kier molecular flexibility index (Phi) is 3.18. The Morgan fingerprint density at radius 1 is 1.09 bits per heavy atom. The van der Waals surface area contributed by atoms with Crippen molar-refractivity contribution in [2.75, 3.05) is 13.4 Å². The van der Waals surface area contributed by atoms with Crippen LogP contribution in [0.15, 0.2) is 47.4 Å². The Morgan fingerprint density at radius 3 is 2.65 bits per heavy atom. The van der Waals surface area contributed by atoms with E-state index in [-0.39, 0.29) is 18.3 Å². The molecule has 1 aliphatic heterocycles.